The van der Waals surface area contributed by atoms with Crippen LogP contribution in [0.1, 0.15) is 54.4 Å². The predicted molar refractivity (Wildman–Crippen MR) is 101 cm³/mol. The number of ether oxygens (including phenoxy) is 1. The molecule has 0 aromatic heterocycles. The summed E-state index contributed by atoms with van der Waals surface area (Å²) in [6.45, 7) is 12.6. The summed E-state index contributed by atoms with van der Waals surface area (Å²) in [5, 5.41) is 11.5. The lowest BCUT2D eigenvalue weighted by atomic mass is 9.57. The Hall–Kier alpha value is -1.36. The number of nitrogens with zero attached hydrogens (tertiary/aromatic N) is 1. The van der Waals surface area contributed by atoms with E-state index in [1.165, 1.54) is 6.92 Å². The van der Waals surface area contributed by atoms with E-state index in [4.69, 9.17) is 4.74 Å². The molecular weight excluding hydrogens is 330 g/mol. The van der Waals surface area contributed by atoms with Crippen molar-refractivity contribution >= 4 is 11.9 Å². The molecule has 2 rings (SSSR count). The maximum atomic E-state index is 11.8. The van der Waals surface area contributed by atoms with Crippen molar-refractivity contribution in [1.29, 1.82) is 0 Å². The molecule has 1 amide bonds. The number of fused-ring (bicyclic) bond motifs is 1. The van der Waals surface area contributed by atoms with Crippen LogP contribution in [0, 0.1) is 30.1 Å². The van der Waals surface area contributed by atoms with Crippen molar-refractivity contribution in [3.63, 3.8) is 0 Å². The molecule has 1 saturated carbocycles. The zero-order chi connectivity index (χ0) is 19.6. The first-order chi connectivity index (χ1) is 12.1. The molecule has 1 unspecified atom stereocenters. The van der Waals surface area contributed by atoms with Crippen LogP contribution in [0.2, 0.25) is 0 Å². The lowest BCUT2D eigenvalue weighted by Crippen LogP contribution is -2.56. The smallest absolute Gasteiger partial charge is 0.303 e. The van der Waals surface area contributed by atoms with Crippen LogP contribution in [-0.4, -0.2) is 46.7 Å². The summed E-state index contributed by atoms with van der Waals surface area (Å²) in [7, 11) is 0. The summed E-state index contributed by atoms with van der Waals surface area (Å²) in [5.41, 5.74) is -0.00977. The fourth-order valence-electron chi connectivity index (χ4n) is 4.72. The highest BCUT2D eigenvalue weighted by Gasteiger charge is 2.53. The predicted octanol–water partition coefficient (Wildman–Crippen LogP) is 2.98. The molecule has 0 bridgehead atoms. The number of aliphatic hydroxyl groups is 1. The molecule has 2 aliphatic carbocycles. The second kappa shape index (κ2) is 8.12. The molecule has 1 fully saturated rings. The fraction of sp³-hybridized carbons (Fsp3) is 0.762. The van der Waals surface area contributed by atoms with Crippen molar-refractivity contribution in [2.75, 3.05) is 13.1 Å². The largest absolute Gasteiger partial charge is 0.458 e. The van der Waals surface area contributed by atoms with Crippen molar-refractivity contribution < 1.29 is 19.4 Å². The minimum absolute atomic E-state index is 0.0151. The molecule has 1 radical (unpaired) electrons. The molecule has 5 heteroatoms. The molecule has 6 atom stereocenters. The first-order valence-electron chi connectivity index (χ1n) is 9.79. The summed E-state index contributed by atoms with van der Waals surface area (Å²) in [6.07, 6.45) is 5.43. The standard InChI is InChI=1S/C21H34NO4/c1-7-22(16(5)23)12-14(3)18-9-8-15(4)21(25)11-20(26-17(6)24)13(2)10-19(18)21/h10-11,14-15,18-20,25H,7-9,12H2,1-6H3/t14?,15-,18+,19-,20-,21-/m1/s1. The van der Waals surface area contributed by atoms with E-state index < -0.39 is 11.7 Å². The van der Waals surface area contributed by atoms with Crippen LogP contribution >= 0.6 is 0 Å². The molecular formula is C21H34NO4. The van der Waals surface area contributed by atoms with Crippen molar-refractivity contribution in [3.8, 4) is 0 Å². The molecule has 5 nitrogen and oxygen atoms in total. The third kappa shape index (κ3) is 4.13. The van der Waals surface area contributed by atoms with Crippen LogP contribution in [0.3, 0.4) is 0 Å². The van der Waals surface area contributed by atoms with Gasteiger partial charge in [-0.1, -0.05) is 19.9 Å². The normalized spacial score (nSPS) is 35.1. The van der Waals surface area contributed by atoms with E-state index in [9.17, 15) is 14.7 Å². The fourth-order valence-corrected chi connectivity index (χ4v) is 4.72. The Labute approximate surface area is 157 Å². The highest BCUT2D eigenvalue weighted by Crippen LogP contribution is 2.50. The molecule has 26 heavy (non-hydrogen) atoms. The highest BCUT2D eigenvalue weighted by molar-refractivity contribution is 5.73. The van der Waals surface area contributed by atoms with Gasteiger partial charge in [0.1, 0.15) is 6.10 Å². The second-order valence-corrected chi connectivity index (χ2v) is 8.20. The molecule has 2 aliphatic rings. The summed E-state index contributed by atoms with van der Waals surface area (Å²) < 4.78 is 5.40. The third-order valence-corrected chi connectivity index (χ3v) is 6.39. The summed E-state index contributed by atoms with van der Waals surface area (Å²) in [6, 6.07) is 0. The van der Waals surface area contributed by atoms with Crippen molar-refractivity contribution in [2.24, 2.45) is 23.7 Å². The summed E-state index contributed by atoms with van der Waals surface area (Å²) >= 11 is 0. The van der Waals surface area contributed by atoms with E-state index >= 15 is 0 Å². The Balaban J connectivity index is 2.26. The molecule has 0 aliphatic heterocycles. The number of hydrogen-bond acceptors (Lipinski definition) is 4. The van der Waals surface area contributed by atoms with E-state index in [-0.39, 0.29) is 35.5 Å². The van der Waals surface area contributed by atoms with Gasteiger partial charge in [0.05, 0.1) is 5.60 Å². The highest BCUT2D eigenvalue weighted by atomic mass is 16.5. The zero-order valence-corrected chi connectivity index (χ0v) is 17.0. The van der Waals surface area contributed by atoms with E-state index in [0.717, 1.165) is 18.4 Å². The van der Waals surface area contributed by atoms with E-state index in [0.29, 0.717) is 13.1 Å². The van der Waals surface area contributed by atoms with Gasteiger partial charge in [0, 0.05) is 39.3 Å². The van der Waals surface area contributed by atoms with Gasteiger partial charge in [-0.3, -0.25) is 9.59 Å². The van der Waals surface area contributed by atoms with Crippen LogP contribution in [0.15, 0.2) is 11.6 Å². The number of carbonyl (C=O) groups excluding carboxylic acids is 2. The van der Waals surface area contributed by atoms with Crippen LogP contribution in [0.25, 0.3) is 0 Å². The van der Waals surface area contributed by atoms with E-state index in [2.05, 4.69) is 19.9 Å². The third-order valence-electron chi connectivity index (χ3n) is 6.39. The van der Waals surface area contributed by atoms with E-state index in [1.54, 1.807) is 6.92 Å². The number of esters is 1. The van der Waals surface area contributed by atoms with Gasteiger partial charge in [-0.15, -0.1) is 0 Å². The number of hydrogen-bond donors (Lipinski definition) is 1. The van der Waals surface area contributed by atoms with Gasteiger partial charge in [-0.2, -0.15) is 0 Å². The van der Waals surface area contributed by atoms with Crippen LogP contribution in [0.5, 0.6) is 0 Å². The maximum absolute atomic E-state index is 11.8. The maximum Gasteiger partial charge on any atom is 0.303 e. The first kappa shape index (κ1) is 20.9. The van der Waals surface area contributed by atoms with Crippen molar-refractivity contribution in [1.82, 2.24) is 4.90 Å². The lowest BCUT2D eigenvalue weighted by Gasteiger charge is -2.53. The van der Waals surface area contributed by atoms with Crippen LogP contribution in [0.4, 0.5) is 0 Å². The Morgan fingerprint density at radius 1 is 1.38 bits per heavy atom. The molecule has 0 saturated heterocycles. The Kier molecular flexibility index (Phi) is 6.54. The average molecular weight is 365 g/mol. The van der Waals surface area contributed by atoms with Gasteiger partial charge in [-0.25, -0.2) is 0 Å². The van der Waals surface area contributed by atoms with Gasteiger partial charge in [0.15, 0.2) is 0 Å². The van der Waals surface area contributed by atoms with Crippen LogP contribution in [-0.2, 0) is 14.3 Å². The van der Waals surface area contributed by atoms with Crippen molar-refractivity contribution in [2.45, 2.75) is 66.1 Å². The Morgan fingerprint density at radius 2 is 2.04 bits per heavy atom. The SMILES string of the molecule is CCN(CC(C)[C@@H]1CC[C@@H](C)[C@]2(O)[CH][C@@H](OC(C)=O)C(C)=C[C@H]12)C(C)=O. The number of amides is 1. The Bertz CT molecular complexity index is 572. The minimum Gasteiger partial charge on any atom is -0.458 e. The second-order valence-electron chi connectivity index (χ2n) is 8.20. The van der Waals surface area contributed by atoms with E-state index in [1.807, 2.05) is 25.2 Å². The quantitative estimate of drug-likeness (QED) is 0.602. The minimum atomic E-state index is -0.982. The van der Waals surface area contributed by atoms with Gasteiger partial charge >= 0.3 is 5.97 Å². The topological polar surface area (TPSA) is 66.8 Å². The average Bonchev–Trinajstić information content (AvgIpc) is 2.54. The van der Waals surface area contributed by atoms with Crippen molar-refractivity contribution in [3.05, 3.63) is 18.1 Å². The van der Waals surface area contributed by atoms with Gasteiger partial charge in [-0.05, 0) is 50.0 Å². The molecule has 0 aromatic rings. The number of rotatable bonds is 5. The summed E-state index contributed by atoms with van der Waals surface area (Å²) in [5.74, 6) is 0.414. The van der Waals surface area contributed by atoms with Gasteiger partial charge < -0.3 is 14.7 Å². The molecule has 1 N–H and O–H groups in total. The summed E-state index contributed by atoms with van der Waals surface area (Å²) in [4.78, 5) is 25.1. The monoisotopic (exact) mass is 364 g/mol. The van der Waals surface area contributed by atoms with Gasteiger partial charge in [0.25, 0.3) is 0 Å². The molecule has 147 valence electrons. The molecule has 0 heterocycles. The number of carbonyl (C=O) groups is 2. The molecule has 0 spiro atoms. The zero-order valence-electron chi connectivity index (χ0n) is 17.0. The Morgan fingerprint density at radius 3 is 2.58 bits per heavy atom. The first-order valence-corrected chi connectivity index (χ1v) is 9.79. The lowest BCUT2D eigenvalue weighted by molar-refractivity contribution is -0.148. The van der Waals surface area contributed by atoms with Gasteiger partial charge in [0.2, 0.25) is 5.91 Å². The molecule has 0 aromatic carbocycles. The van der Waals surface area contributed by atoms with Crippen LogP contribution < -0.4 is 0 Å².